The molecule has 2 rings (SSSR count). The standard InChI is InChI=1S/C10H10N2O2/c11-8-2-1-6-7(10(8)14)3-5(13)4-9(6)12/h1-4,13-14H,11-12H2. The summed E-state index contributed by atoms with van der Waals surface area (Å²) in [4.78, 5) is 0. The molecule has 0 radical (unpaired) electrons. The second-order valence-electron chi connectivity index (χ2n) is 3.13. The predicted molar refractivity (Wildman–Crippen MR) is 56.1 cm³/mol. The Labute approximate surface area is 80.4 Å². The number of benzene rings is 2. The van der Waals surface area contributed by atoms with Gasteiger partial charge in [-0.05, 0) is 18.2 Å². The SMILES string of the molecule is Nc1ccc2c(N)cc(O)cc2c1O. The number of rotatable bonds is 0. The summed E-state index contributed by atoms with van der Waals surface area (Å²) in [5.41, 5.74) is 11.9. The van der Waals surface area contributed by atoms with Gasteiger partial charge in [0.05, 0.1) is 5.69 Å². The molecular weight excluding hydrogens is 180 g/mol. The van der Waals surface area contributed by atoms with E-state index in [1.807, 2.05) is 0 Å². The van der Waals surface area contributed by atoms with Gasteiger partial charge in [0.25, 0.3) is 0 Å². The van der Waals surface area contributed by atoms with E-state index in [0.717, 1.165) is 0 Å². The highest BCUT2D eigenvalue weighted by atomic mass is 16.3. The topological polar surface area (TPSA) is 92.5 Å². The van der Waals surface area contributed by atoms with Crippen molar-refractivity contribution < 1.29 is 10.2 Å². The Kier molecular flexibility index (Phi) is 1.64. The normalized spacial score (nSPS) is 10.6. The van der Waals surface area contributed by atoms with E-state index < -0.39 is 0 Å². The highest BCUT2D eigenvalue weighted by Gasteiger charge is 2.07. The van der Waals surface area contributed by atoms with Gasteiger partial charge in [-0.3, -0.25) is 0 Å². The summed E-state index contributed by atoms with van der Waals surface area (Å²) in [7, 11) is 0. The van der Waals surface area contributed by atoms with Crippen LogP contribution in [0.15, 0.2) is 24.3 Å². The van der Waals surface area contributed by atoms with Gasteiger partial charge >= 0.3 is 0 Å². The smallest absolute Gasteiger partial charge is 0.146 e. The van der Waals surface area contributed by atoms with Crippen LogP contribution in [0.25, 0.3) is 10.8 Å². The molecule has 14 heavy (non-hydrogen) atoms. The van der Waals surface area contributed by atoms with Gasteiger partial charge in [-0.15, -0.1) is 0 Å². The molecule has 0 atom stereocenters. The molecule has 0 aliphatic carbocycles. The third-order valence-corrected chi connectivity index (χ3v) is 2.15. The minimum atomic E-state index is -0.0508. The van der Waals surface area contributed by atoms with Crippen LogP contribution in [0.3, 0.4) is 0 Å². The first-order valence-corrected chi connectivity index (χ1v) is 4.09. The van der Waals surface area contributed by atoms with Crippen LogP contribution in [0.2, 0.25) is 0 Å². The Balaban J connectivity index is 2.95. The summed E-state index contributed by atoms with van der Waals surface area (Å²) in [5.74, 6) is -0.0407. The Morgan fingerprint density at radius 1 is 0.857 bits per heavy atom. The van der Waals surface area contributed by atoms with Crippen LogP contribution < -0.4 is 11.5 Å². The van der Waals surface area contributed by atoms with Crippen molar-refractivity contribution in [1.82, 2.24) is 0 Å². The van der Waals surface area contributed by atoms with Crippen molar-refractivity contribution >= 4 is 22.1 Å². The number of hydrogen-bond donors (Lipinski definition) is 4. The highest BCUT2D eigenvalue weighted by molar-refractivity contribution is 6.00. The van der Waals surface area contributed by atoms with E-state index in [4.69, 9.17) is 11.5 Å². The maximum absolute atomic E-state index is 9.62. The van der Waals surface area contributed by atoms with Gasteiger partial charge < -0.3 is 21.7 Å². The molecule has 0 heterocycles. The lowest BCUT2D eigenvalue weighted by atomic mass is 10.1. The fourth-order valence-corrected chi connectivity index (χ4v) is 1.45. The van der Waals surface area contributed by atoms with Gasteiger partial charge in [-0.25, -0.2) is 0 Å². The summed E-state index contributed by atoms with van der Waals surface area (Å²) < 4.78 is 0. The van der Waals surface area contributed by atoms with Gasteiger partial charge in [0.15, 0.2) is 0 Å². The zero-order valence-electron chi connectivity index (χ0n) is 7.36. The van der Waals surface area contributed by atoms with Gasteiger partial charge in [-0.1, -0.05) is 0 Å². The molecule has 4 nitrogen and oxygen atoms in total. The van der Waals surface area contributed by atoms with Crippen LogP contribution in [0, 0.1) is 0 Å². The molecule has 0 unspecified atom stereocenters. The molecular formula is C10H10N2O2. The molecule has 0 bridgehead atoms. The van der Waals surface area contributed by atoms with Crippen LogP contribution in [-0.4, -0.2) is 10.2 Å². The van der Waals surface area contributed by atoms with Crippen molar-refractivity contribution in [2.45, 2.75) is 0 Å². The van der Waals surface area contributed by atoms with E-state index >= 15 is 0 Å². The first-order chi connectivity index (χ1) is 6.59. The summed E-state index contributed by atoms with van der Waals surface area (Å²) in [6.07, 6.45) is 0. The average Bonchev–Trinajstić information content (AvgIpc) is 2.12. The number of fused-ring (bicyclic) bond motifs is 1. The molecule has 0 spiro atoms. The Morgan fingerprint density at radius 3 is 2.29 bits per heavy atom. The van der Waals surface area contributed by atoms with Crippen LogP contribution in [0.1, 0.15) is 0 Å². The number of hydrogen-bond acceptors (Lipinski definition) is 4. The minimum Gasteiger partial charge on any atom is -0.508 e. The Morgan fingerprint density at radius 2 is 1.57 bits per heavy atom. The molecule has 0 aliphatic heterocycles. The molecule has 72 valence electrons. The maximum Gasteiger partial charge on any atom is 0.146 e. The lowest BCUT2D eigenvalue weighted by Gasteiger charge is -2.06. The van der Waals surface area contributed by atoms with Crippen molar-refractivity contribution in [3.63, 3.8) is 0 Å². The largest absolute Gasteiger partial charge is 0.508 e. The van der Waals surface area contributed by atoms with Crippen molar-refractivity contribution in [2.75, 3.05) is 11.5 Å². The van der Waals surface area contributed by atoms with E-state index in [2.05, 4.69) is 0 Å². The molecule has 2 aromatic rings. The zero-order valence-corrected chi connectivity index (χ0v) is 7.36. The molecule has 0 aliphatic rings. The summed E-state index contributed by atoms with van der Waals surface area (Å²) >= 11 is 0. The quantitative estimate of drug-likeness (QED) is 0.373. The fraction of sp³-hybridized carbons (Fsp3) is 0. The van der Waals surface area contributed by atoms with Crippen molar-refractivity contribution in [1.29, 1.82) is 0 Å². The Hall–Kier alpha value is -2.10. The summed E-state index contributed by atoms with van der Waals surface area (Å²) in [6, 6.07) is 6.14. The first-order valence-electron chi connectivity index (χ1n) is 4.09. The minimum absolute atomic E-state index is 0.0101. The second-order valence-corrected chi connectivity index (χ2v) is 3.13. The monoisotopic (exact) mass is 190 g/mol. The van der Waals surface area contributed by atoms with Gasteiger partial charge in [0, 0.05) is 22.5 Å². The Bertz CT molecular complexity index is 509. The van der Waals surface area contributed by atoms with E-state index in [1.54, 1.807) is 12.1 Å². The number of nitrogen functional groups attached to an aromatic ring is 2. The van der Waals surface area contributed by atoms with Crippen LogP contribution in [0.5, 0.6) is 11.5 Å². The van der Waals surface area contributed by atoms with Crippen molar-refractivity contribution in [2.24, 2.45) is 0 Å². The lowest BCUT2D eigenvalue weighted by Crippen LogP contribution is -1.90. The molecule has 0 aromatic heterocycles. The second kappa shape index (κ2) is 2.70. The highest BCUT2D eigenvalue weighted by Crippen LogP contribution is 2.35. The van der Waals surface area contributed by atoms with E-state index in [0.29, 0.717) is 16.5 Å². The number of phenolic OH excluding ortho intramolecular Hbond substituents is 2. The third kappa shape index (κ3) is 1.08. The van der Waals surface area contributed by atoms with Crippen molar-refractivity contribution in [3.8, 4) is 11.5 Å². The number of anilines is 2. The molecule has 0 saturated heterocycles. The third-order valence-electron chi connectivity index (χ3n) is 2.15. The summed E-state index contributed by atoms with van der Waals surface area (Å²) in [6.45, 7) is 0. The van der Waals surface area contributed by atoms with Gasteiger partial charge in [-0.2, -0.15) is 0 Å². The van der Waals surface area contributed by atoms with Gasteiger partial charge in [0.1, 0.15) is 11.5 Å². The molecule has 4 heteroatoms. The molecule has 0 saturated carbocycles. The predicted octanol–water partition coefficient (Wildman–Crippen LogP) is 1.42. The molecule has 0 amide bonds. The number of phenols is 2. The maximum atomic E-state index is 9.62. The molecule has 6 N–H and O–H groups in total. The average molecular weight is 190 g/mol. The van der Waals surface area contributed by atoms with Crippen LogP contribution >= 0.6 is 0 Å². The number of nitrogens with two attached hydrogens (primary N) is 2. The molecule has 0 fully saturated rings. The van der Waals surface area contributed by atoms with E-state index in [-0.39, 0.29) is 17.2 Å². The lowest BCUT2D eigenvalue weighted by molar-refractivity contribution is 0.472. The van der Waals surface area contributed by atoms with Crippen molar-refractivity contribution in [3.05, 3.63) is 24.3 Å². The molecule has 2 aromatic carbocycles. The fourth-order valence-electron chi connectivity index (χ4n) is 1.45. The van der Waals surface area contributed by atoms with E-state index in [9.17, 15) is 10.2 Å². The number of aromatic hydroxyl groups is 2. The summed E-state index contributed by atoms with van der Waals surface area (Å²) in [5, 5.41) is 20.0. The van der Waals surface area contributed by atoms with Crippen LogP contribution in [-0.2, 0) is 0 Å². The van der Waals surface area contributed by atoms with Gasteiger partial charge in [0.2, 0.25) is 0 Å². The van der Waals surface area contributed by atoms with E-state index in [1.165, 1.54) is 12.1 Å². The van der Waals surface area contributed by atoms with Crippen LogP contribution in [0.4, 0.5) is 11.4 Å². The zero-order chi connectivity index (χ0) is 10.3. The first kappa shape index (κ1) is 8.50.